The summed E-state index contributed by atoms with van der Waals surface area (Å²) in [6, 6.07) is 7.63. The maximum absolute atomic E-state index is 12.8. The summed E-state index contributed by atoms with van der Waals surface area (Å²) in [5.41, 5.74) is 0.0647. The first-order valence-electron chi connectivity index (χ1n) is 10.0. The highest BCUT2D eigenvalue weighted by molar-refractivity contribution is 5.97. The Kier molecular flexibility index (Phi) is 6.54. The molecule has 3 rings (SSSR count). The van der Waals surface area contributed by atoms with Crippen LogP contribution in [-0.4, -0.2) is 49.3 Å². The Morgan fingerprint density at radius 2 is 1.88 bits per heavy atom. The quantitative estimate of drug-likeness (QED) is 0.691. The number of nitrogens with one attached hydrogen (secondary N) is 1. The Bertz CT molecular complexity index is 579. The summed E-state index contributed by atoms with van der Waals surface area (Å²) in [5, 5.41) is 3.01. The molecular formula is C21H32N2O3. The van der Waals surface area contributed by atoms with Gasteiger partial charge in [0.1, 0.15) is 18.0 Å². The van der Waals surface area contributed by atoms with Crippen molar-refractivity contribution >= 4 is 11.6 Å². The number of ether oxygens (including phenoxy) is 2. The second kappa shape index (κ2) is 8.87. The first-order chi connectivity index (χ1) is 12.6. The number of anilines is 1. The number of benzene rings is 1. The van der Waals surface area contributed by atoms with Crippen molar-refractivity contribution in [1.29, 1.82) is 0 Å². The highest BCUT2D eigenvalue weighted by atomic mass is 16.5. The number of amides is 1. The van der Waals surface area contributed by atoms with Crippen LogP contribution in [0.4, 0.5) is 5.69 Å². The molecule has 1 aliphatic carbocycles. The van der Waals surface area contributed by atoms with Crippen molar-refractivity contribution in [2.24, 2.45) is 5.92 Å². The fraction of sp³-hybridized carbons (Fsp3) is 0.667. The predicted octanol–water partition coefficient (Wildman–Crippen LogP) is 3.70. The molecule has 0 bridgehead atoms. The lowest BCUT2D eigenvalue weighted by atomic mass is 9.98. The van der Waals surface area contributed by atoms with Crippen LogP contribution in [0.5, 0.6) is 5.75 Å². The van der Waals surface area contributed by atoms with E-state index in [9.17, 15) is 4.79 Å². The van der Waals surface area contributed by atoms with Crippen LogP contribution in [-0.2, 0) is 9.53 Å². The third-order valence-corrected chi connectivity index (χ3v) is 5.40. The van der Waals surface area contributed by atoms with E-state index in [1.165, 1.54) is 25.9 Å². The number of nitrogens with zero attached hydrogens (tertiary/aromatic N) is 1. The Morgan fingerprint density at radius 1 is 1.19 bits per heavy atom. The van der Waals surface area contributed by atoms with Crippen molar-refractivity contribution in [3.63, 3.8) is 0 Å². The summed E-state index contributed by atoms with van der Waals surface area (Å²) in [5.74, 6) is 1.13. The minimum atomic E-state index is -0.721. The Balaban J connectivity index is 1.48. The minimum Gasteiger partial charge on any atom is -0.492 e. The average Bonchev–Trinajstić information content (AvgIpc) is 3.39. The first-order valence-corrected chi connectivity index (χ1v) is 10.0. The zero-order valence-corrected chi connectivity index (χ0v) is 16.1. The van der Waals surface area contributed by atoms with Crippen LogP contribution in [0.25, 0.3) is 0 Å². The van der Waals surface area contributed by atoms with Crippen LogP contribution < -0.4 is 10.1 Å². The molecule has 1 N–H and O–H groups in total. The molecule has 26 heavy (non-hydrogen) atoms. The summed E-state index contributed by atoms with van der Waals surface area (Å²) < 4.78 is 11.7. The van der Waals surface area contributed by atoms with Crippen LogP contribution >= 0.6 is 0 Å². The molecule has 0 aromatic heterocycles. The van der Waals surface area contributed by atoms with Gasteiger partial charge in [-0.2, -0.15) is 0 Å². The summed E-state index contributed by atoms with van der Waals surface area (Å²) in [6.07, 6.45) is 5.65. The number of carbonyl (C=O) groups is 1. The molecule has 1 saturated carbocycles. The van der Waals surface area contributed by atoms with Crippen molar-refractivity contribution in [3.05, 3.63) is 24.3 Å². The number of hydrogen-bond acceptors (Lipinski definition) is 4. The normalized spacial score (nSPS) is 19.9. The molecule has 144 valence electrons. The van der Waals surface area contributed by atoms with Gasteiger partial charge in [-0.25, -0.2) is 0 Å². The van der Waals surface area contributed by atoms with Gasteiger partial charge in [-0.3, -0.25) is 9.69 Å². The highest BCUT2D eigenvalue weighted by Gasteiger charge is 2.48. The SMILES string of the molecule is CCCO[C@@](C)(C(=O)Nc1ccc(OCCN2CCCC2)cc1)C1CC1. The molecule has 1 heterocycles. The van der Waals surface area contributed by atoms with Gasteiger partial charge in [0.2, 0.25) is 0 Å². The van der Waals surface area contributed by atoms with Crippen LogP contribution in [0.2, 0.25) is 0 Å². The van der Waals surface area contributed by atoms with Crippen molar-refractivity contribution in [3.8, 4) is 5.75 Å². The van der Waals surface area contributed by atoms with E-state index in [0.717, 1.165) is 37.2 Å². The fourth-order valence-corrected chi connectivity index (χ4v) is 3.51. The van der Waals surface area contributed by atoms with Gasteiger partial charge in [-0.05, 0) is 82.3 Å². The topological polar surface area (TPSA) is 50.8 Å². The predicted molar refractivity (Wildman–Crippen MR) is 104 cm³/mol. The molecule has 1 atom stereocenters. The molecule has 5 heteroatoms. The van der Waals surface area contributed by atoms with E-state index in [2.05, 4.69) is 17.1 Å². The molecular weight excluding hydrogens is 328 g/mol. The minimum absolute atomic E-state index is 0.0452. The number of carbonyl (C=O) groups excluding carboxylic acids is 1. The first kappa shape index (κ1) is 19.2. The summed E-state index contributed by atoms with van der Waals surface area (Å²) in [7, 11) is 0. The van der Waals surface area contributed by atoms with Crippen molar-refractivity contribution in [2.75, 3.05) is 38.2 Å². The molecule has 2 aliphatic rings. The van der Waals surface area contributed by atoms with E-state index in [0.29, 0.717) is 19.1 Å². The highest BCUT2D eigenvalue weighted by Crippen LogP contribution is 2.42. The molecule has 1 amide bonds. The van der Waals surface area contributed by atoms with Gasteiger partial charge in [0, 0.05) is 18.8 Å². The maximum Gasteiger partial charge on any atom is 0.256 e. The molecule has 0 unspecified atom stereocenters. The fourth-order valence-electron chi connectivity index (χ4n) is 3.51. The van der Waals surface area contributed by atoms with Crippen LogP contribution in [0.15, 0.2) is 24.3 Å². The second-order valence-electron chi connectivity index (χ2n) is 7.61. The van der Waals surface area contributed by atoms with E-state index in [1.807, 2.05) is 31.2 Å². The van der Waals surface area contributed by atoms with Crippen molar-refractivity contribution < 1.29 is 14.3 Å². The number of hydrogen-bond donors (Lipinski definition) is 1. The Labute approximate surface area is 157 Å². The maximum atomic E-state index is 12.8. The van der Waals surface area contributed by atoms with Gasteiger partial charge in [0.15, 0.2) is 0 Å². The summed E-state index contributed by atoms with van der Waals surface area (Å²) in [6.45, 7) is 8.66. The smallest absolute Gasteiger partial charge is 0.256 e. The lowest BCUT2D eigenvalue weighted by molar-refractivity contribution is -0.142. The van der Waals surface area contributed by atoms with Gasteiger partial charge < -0.3 is 14.8 Å². The van der Waals surface area contributed by atoms with Crippen molar-refractivity contribution in [2.45, 2.75) is 51.6 Å². The third kappa shape index (κ3) is 4.98. The number of likely N-dealkylation sites (tertiary alicyclic amines) is 1. The monoisotopic (exact) mass is 360 g/mol. The lowest BCUT2D eigenvalue weighted by Gasteiger charge is -2.28. The second-order valence-corrected chi connectivity index (χ2v) is 7.61. The van der Waals surface area contributed by atoms with E-state index in [-0.39, 0.29) is 5.91 Å². The summed E-state index contributed by atoms with van der Waals surface area (Å²) in [4.78, 5) is 15.2. The van der Waals surface area contributed by atoms with Gasteiger partial charge in [-0.1, -0.05) is 6.92 Å². The van der Waals surface area contributed by atoms with E-state index in [1.54, 1.807) is 0 Å². The van der Waals surface area contributed by atoms with E-state index < -0.39 is 5.60 Å². The number of rotatable bonds is 10. The molecule has 1 saturated heterocycles. The third-order valence-electron chi connectivity index (χ3n) is 5.40. The summed E-state index contributed by atoms with van der Waals surface area (Å²) >= 11 is 0. The largest absolute Gasteiger partial charge is 0.492 e. The molecule has 1 aromatic rings. The zero-order chi connectivity index (χ0) is 18.4. The molecule has 0 spiro atoms. The van der Waals surface area contributed by atoms with Crippen molar-refractivity contribution in [1.82, 2.24) is 4.90 Å². The van der Waals surface area contributed by atoms with Gasteiger partial charge >= 0.3 is 0 Å². The Morgan fingerprint density at radius 3 is 2.50 bits per heavy atom. The van der Waals surface area contributed by atoms with Gasteiger partial charge in [-0.15, -0.1) is 0 Å². The molecule has 1 aliphatic heterocycles. The molecule has 5 nitrogen and oxygen atoms in total. The van der Waals surface area contributed by atoms with Gasteiger partial charge in [0.05, 0.1) is 0 Å². The van der Waals surface area contributed by atoms with Crippen LogP contribution in [0.3, 0.4) is 0 Å². The zero-order valence-electron chi connectivity index (χ0n) is 16.1. The average molecular weight is 360 g/mol. The van der Waals surface area contributed by atoms with Crippen LogP contribution in [0, 0.1) is 5.92 Å². The molecule has 0 radical (unpaired) electrons. The lowest BCUT2D eigenvalue weighted by Crippen LogP contribution is -2.45. The molecule has 1 aromatic carbocycles. The standard InChI is InChI=1S/C21H32N2O3/c1-3-15-26-21(2,17-6-7-17)20(24)22-18-8-10-19(11-9-18)25-16-14-23-12-4-5-13-23/h8-11,17H,3-7,12-16H2,1-2H3,(H,22,24)/t21-/m1/s1. The van der Waals surface area contributed by atoms with E-state index >= 15 is 0 Å². The van der Waals surface area contributed by atoms with Crippen LogP contribution in [0.1, 0.15) is 46.0 Å². The van der Waals surface area contributed by atoms with Gasteiger partial charge in [0.25, 0.3) is 5.91 Å². The van der Waals surface area contributed by atoms with E-state index in [4.69, 9.17) is 9.47 Å². The molecule has 2 fully saturated rings. The Hall–Kier alpha value is -1.59.